The van der Waals surface area contributed by atoms with Gasteiger partial charge in [-0.2, -0.15) is 0 Å². The van der Waals surface area contributed by atoms with Crippen molar-refractivity contribution in [2.45, 2.75) is 19.5 Å². The minimum atomic E-state index is -0.623. The molecule has 4 nitrogen and oxygen atoms in total. The van der Waals surface area contributed by atoms with Gasteiger partial charge in [-0.05, 0) is 24.6 Å². The number of rotatable bonds is 4. The molecule has 0 radical (unpaired) electrons. The molecule has 0 saturated heterocycles. The summed E-state index contributed by atoms with van der Waals surface area (Å²) in [5, 5.41) is 2.87. The van der Waals surface area contributed by atoms with E-state index in [0.717, 1.165) is 17.0 Å². The Kier molecular flexibility index (Phi) is 4.02. The first kappa shape index (κ1) is 13.4. The van der Waals surface area contributed by atoms with Crippen LogP contribution in [0.3, 0.4) is 0 Å². The van der Waals surface area contributed by atoms with Gasteiger partial charge in [0.25, 0.3) is 0 Å². The highest BCUT2D eigenvalue weighted by atomic mass is 16.2. The molecule has 19 heavy (non-hydrogen) atoms. The molecule has 0 unspecified atom stereocenters. The summed E-state index contributed by atoms with van der Waals surface area (Å²) in [4.78, 5) is 12.0. The molecule has 1 aromatic heterocycles. The van der Waals surface area contributed by atoms with Crippen LogP contribution in [0.2, 0.25) is 0 Å². The van der Waals surface area contributed by atoms with Crippen molar-refractivity contribution in [3.8, 4) is 0 Å². The van der Waals surface area contributed by atoms with Gasteiger partial charge in [0.05, 0.1) is 6.54 Å². The summed E-state index contributed by atoms with van der Waals surface area (Å²) in [5.41, 5.74) is 8.97. The van der Waals surface area contributed by atoms with E-state index in [2.05, 4.69) is 5.32 Å². The number of hydrogen-bond acceptors (Lipinski definition) is 2. The van der Waals surface area contributed by atoms with E-state index in [0.29, 0.717) is 6.54 Å². The van der Waals surface area contributed by atoms with Gasteiger partial charge >= 0.3 is 0 Å². The van der Waals surface area contributed by atoms with Gasteiger partial charge in [-0.1, -0.05) is 30.3 Å². The third kappa shape index (κ3) is 3.03. The molecule has 2 aromatic rings. The lowest BCUT2D eigenvalue weighted by molar-refractivity contribution is -0.122. The van der Waals surface area contributed by atoms with Crippen LogP contribution in [0.15, 0.2) is 42.5 Å². The highest BCUT2D eigenvalue weighted by Crippen LogP contribution is 2.10. The first-order valence-electron chi connectivity index (χ1n) is 6.29. The molecule has 0 fully saturated rings. The lowest BCUT2D eigenvalue weighted by Crippen LogP contribution is -2.34. The zero-order valence-electron chi connectivity index (χ0n) is 11.3. The molecular formula is C15H19N3O. The number of carbonyl (C=O) groups is 1. The fraction of sp³-hybridized carbons (Fsp3) is 0.267. The molecule has 0 bridgehead atoms. The molecule has 0 aliphatic heterocycles. The monoisotopic (exact) mass is 257 g/mol. The third-order valence-corrected chi connectivity index (χ3v) is 3.36. The second-order valence-electron chi connectivity index (χ2n) is 4.63. The third-order valence-electron chi connectivity index (χ3n) is 3.36. The molecule has 100 valence electrons. The Morgan fingerprint density at radius 2 is 1.95 bits per heavy atom. The summed E-state index contributed by atoms with van der Waals surface area (Å²) in [6.07, 6.45) is 0. The maximum atomic E-state index is 12.0. The van der Waals surface area contributed by atoms with Crippen molar-refractivity contribution in [1.29, 1.82) is 0 Å². The molecule has 1 aromatic carbocycles. The Balaban J connectivity index is 1.97. The number of nitrogens with two attached hydrogens (primary N) is 1. The van der Waals surface area contributed by atoms with E-state index >= 15 is 0 Å². The fourth-order valence-corrected chi connectivity index (χ4v) is 1.94. The zero-order valence-corrected chi connectivity index (χ0v) is 11.3. The summed E-state index contributed by atoms with van der Waals surface area (Å²) in [6, 6.07) is 12.8. The first-order valence-corrected chi connectivity index (χ1v) is 6.29. The number of aryl methyl sites for hydroxylation is 1. The van der Waals surface area contributed by atoms with Gasteiger partial charge in [0.1, 0.15) is 6.04 Å². The summed E-state index contributed by atoms with van der Waals surface area (Å²) < 4.78 is 2.05. The second kappa shape index (κ2) is 5.71. The topological polar surface area (TPSA) is 60.1 Å². The van der Waals surface area contributed by atoms with Gasteiger partial charge in [0.2, 0.25) is 5.91 Å². The molecule has 2 rings (SSSR count). The first-order chi connectivity index (χ1) is 9.09. The van der Waals surface area contributed by atoms with Crippen LogP contribution in [0.5, 0.6) is 0 Å². The molecule has 0 saturated carbocycles. The minimum Gasteiger partial charge on any atom is -0.350 e. The summed E-state index contributed by atoms with van der Waals surface area (Å²) in [7, 11) is 1.98. The average molecular weight is 257 g/mol. The second-order valence-corrected chi connectivity index (χ2v) is 4.63. The van der Waals surface area contributed by atoms with Gasteiger partial charge < -0.3 is 15.6 Å². The molecule has 1 amide bonds. The number of aromatic nitrogens is 1. The minimum absolute atomic E-state index is 0.162. The predicted molar refractivity (Wildman–Crippen MR) is 75.4 cm³/mol. The molecule has 4 heteroatoms. The number of hydrogen-bond donors (Lipinski definition) is 2. The molecule has 0 aliphatic rings. The SMILES string of the molecule is Cc1ccc(CNC(=O)[C@@H](N)c2ccccc2)n1C. The Hall–Kier alpha value is -2.07. The van der Waals surface area contributed by atoms with E-state index in [1.807, 2.05) is 61.0 Å². The summed E-state index contributed by atoms with van der Waals surface area (Å²) in [5.74, 6) is -0.162. The van der Waals surface area contributed by atoms with Crippen LogP contribution in [0, 0.1) is 6.92 Å². The van der Waals surface area contributed by atoms with E-state index in [9.17, 15) is 4.79 Å². The van der Waals surface area contributed by atoms with Crippen LogP contribution in [-0.2, 0) is 18.4 Å². The van der Waals surface area contributed by atoms with Crippen LogP contribution in [0.25, 0.3) is 0 Å². The van der Waals surface area contributed by atoms with Crippen molar-refractivity contribution < 1.29 is 4.79 Å². The molecule has 0 spiro atoms. The van der Waals surface area contributed by atoms with Gasteiger partial charge in [-0.3, -0.25) is 4.79 Å². The van der Waals surface area contributed by atoms with Crippen LogP contribution in [0.4, 0.5) is 0 Å². The highest BCUT2D eigenvalue weighted by molar-refractivity contribution is 5.82. The maximum absolute atomic E-state index is 12.0. The number of carbonyl (C=O) groups excluding carboxylic acids is 1. The van der Waals surface area contributed by atoms with Crippen molar-refractivity contribution in [2.75, 3.05) is 0 Å². The van der Waals surface area contributed by atoms with Crippen LogP contribution >= 0.6 is 0 Å². The Morgan fingerprint density at radius 3 is 2.53 bits per heavy atom. The van der Waals surface area contributed by atoms with E-state index in [-0.39, 0.29) is 5.91 Å². The molecule has 0 aliphatic carbocycles. The fourth-order valence-electron chi connectivity index (χ4n) is 1.94. The predicted octanol–water partition coefficient (Wildman–Crippen LogP) is 1.65. The van der Waals surface area contributed by atoms with Crippen LogP contribution < -0.4 is 11.1 Å². The quantitative estimate of drug-likeness (QED) is 0.875. The van der Waals surface area contributed by atoms with Crippen molar-refractivity contribution >= 4 is 5.91 Å². The molecule has 1 heterocycles. The van der Waals surface area contributed by atoms with Crippen LogP contribution in [0.1, 0.15) is 23.0 Å². The lowest BCUT2D eigenvalue weighted by atomic mass is 10.1. The Bertz CT molecular complexity index is 560. The Labute approximate surface area is 113 Å². The summed E-state index contributed by atoms with van der Waals surface area (Å²) >= 11 is 0. The van der Waals surface area contributed by atoms with Gasteiger partial charge in [-0.15, -0.1) is 0 Å². The molecule has 3 N–H and O–H groups in total. The Morgan fingerprint density at radius 1 is 1.26 bits per heavy atom. The lowest BCUT2D eigenvalue weighted by Gasteiger charge is -2.13. The zero-order chi connectivity index (χ0) is 13.8. The van der Waals surface area contributed by atoms with Crippen LogP contribution in [-0.4, -0.2) is 10.5 Å². The summed E-state index contributed by atoms with van der Waals surface area (Å²) in [6.45, 7) is 2.52. The van der Waals surface area contributed by atoms with Crippen molar-refractivity contribution in [3.63, 3.8) is 0 Å². The van der Waals surface area contributed by atoms with Gasteiger partial charge in [0, 0.05) is 18.4 Å². The average Bonchev–Trinajstić information content (AvgIpc) is 2.76. The van der Waals surface area contributed by atoms with Gasteiger partial charge in [-0.25, -0.2) is 0 Å². The number of benzene rings is 1. The van der Waals surface area contributed by atoms with Crippen molar-refractivity contribution in [3.05, 3.63) is 59.4 Å². The number of nitrogens with one attached hydrogen (secondary N) is 1. The normalized spacial score (nSPS) is 12.2. The van der Waals surface area contributed by atoms with E-state index in [1.165, 1.54) is 0 Å². The number of nitrogens with zero attached hydrogens (tertiary/aromatic N) is 1. The largest absolute Gasteiger partial charge is 0.350 e. The van der Waals surface area contributed by atoms with E-state index in [1.54, 1.807) is 0 Å². The van der Waals surface area contributed by atoms with Crippen molar-refractivity contribution in [1.82, 2.24) is 9.88 Å². The van der Waals surface area contributed by atoms with Crippen molar-refractivity contribution in [2.24, 2.45) is 12.8 Å². The van der Waals surface area contributed by atoms with Gasteiger partial charge in [0.15, 0.2) is 0 Å². The van der Waals surface area contributed by atoms with E-state index in [4.69, 9.17) is 5.73 Å². The number of amides is 1. The standard InChI is InChI=1S/C15H19N3O/c1-11-8-9-13(18(11)2)10-17-15(19)14(16)12-6-4-3-5-7-12/h3-9,14H,10,16H2,1-2H3,(H,17,19)/t14-/m0/s1. The smallest absolute Gasteiger partial charge is 0.241 e. The van der Waals surface area contributed by atoms with E-state index < -0.39 is 6.04 Å². The maximum Gasteiger partial charge on any atom is 0.241 e. The molecule has 1 atom stereocenters. The highest BCUT2D eigenvalue weighted by Gasteiger charge is 2.15. The molecular weight excluding hydrogens is 238 g/mol.